The zero-order valence-corrected chi connectivity index (χ0v) is 25.5. The number of likely N-dealkylation sites (N-methyl/N-ethyl adjacent to an activating group) is 1. The Labute approximate surface area is 263 Å². The number of halogens is 1. The second-order valence-electron chi connectivity index (χ2n) is 11.7. The summed E-state index contributed by atoms with van der Waals surface area (Å²) in [5, 5.41) is 5.86. The first-order chi connectivity index (χ1) is 21.8. The molecule has 5 aromatic rings. The summed E-state index contributed by atoms with van der Waals surface area (Å²) in [6, 6.07) is 36.1. The second-order valence-corrected chi connectivity index (χ2v) is 11.7. The monoisotopic (exact) mass is 598 g/mol. The van der Waals surface area contributed by atoms with E-state index >= 15 is 0 Å². The second kappa shape index (κ2) is 12.8. The van der Waals surface area contributed by atoms with E-state index in [9.17, 15) is 14.0 Å². The maximum Gasteiger partial charge on any atom is 0.251 e. The molecule has 2 unspecified atom stereocenters. The molecule has 6 heteroatoms. The maximum absolute atomic E-state index is 13.7. The van der Waals surface area contributed by atoms with Crippen LogP contribution >= 0.6 is 0 Å². The standard InChI is InChI=1S/C39H35FN2O3/c1-24(2)23-42-38(43)33-21-28(14-18-32(33)30-11-7-10-27(20-30)25-8-5-4-6-9-25)29-15-19-35-34(22-29)36(39(44)41-3)37(45-35)26-12-16-31(40)17-13-26/h4-22,24,36-37H,23H2,1-3H3,(H,41,44)(H,42,43). The first kappa shape index (κ1) is 29.8. The third-order valence-electron chi connectivity index (χ3n) is 8.18. The lowest BCUT2D eigenvalue weighted by Crippen LogP contribution is -2.28. The van der Waals surface area contributed by atoms with E-state index < -0.39 is 12.0 Å². The summed E-state index contributed by atoms with van der Waals surface area (Å²) in [6.45, 7) is 4.69. The van der Waals surface area contributed by atoms with Crippen LogP contribution in [0.5, 0.6) is 5.75 Å². The summed E-state index contributed by atoms with van der Waals surface area (Å²) in [7, 11) is 1.60. The van der Waals surface area contributed by atoms with Crippen molar-refractivity contribution in [1.82, 2.24) is 10.6 Å². The zero-order chi connectivity index (χ0) is 31.5. The van der Waals surface area contributed by atoms with Crippen LogP contribution in [0.25, 0.3) is 33.4 Å². The molecule has 0 aliphatic carbocycles. The van der Waals surface area contributed by atoms with E-state index in [-0.39, 0.29) is 17.6 Å². The van der Waals surface area contributed by atoms with Gasteiger partial charge in [-0.1, -0.05) is 92.7 Å². The molecule has 1 aliphatic heterocycles. The van der Waals surface area contributed by atoms with E-state index in [0.717, 1.165) is 38.9 Å². The quantitative estimate of drug-likeness (QED) is 0.189. The van der Waals surface area contributed by atoms with Crippen LogP contribution in [0.4, 0.5) is 4.39 Å². The van der Waals surface area contributed by atoms with Crippen molar-refractivity contribution in [3.8, 4) is 39.1 Å². The Kier molecular flexibility index (Phi) is 8.47. The number of nitrogens with one attached hydrogen (secondary N) is 2. The van der Waals surface area contributed by atoms with E-state index in [0.29, 0.717) is 29.3 Å². The van der Waals surface area contributed by atoms with Gasteiger partial charge in [-0.3, -0.25) is 9.59 Å². The molecule has 2 atom stereocenters. The number of ether oxygens (including phenoxy) is 1. The van der Waals surface area contributed by atoms with Gasteiger partial charge in [0.1, 0.15) is 23.6 Å². The Morgan fingerprint density at radius 2 is 1.42 bits per heavy atom. The van der Waals surface area contributed by atoms with Gasteiger partial charge in [0, 0.05) is 24.7 Å². The minimum atomic E-state index is -0.621. The van der Waals surface area contributed by atoms with Crippen molar-refractivity contribution in [1.29, 1.82) is 0 Å². The van der Waals surface area contributed by atoms with E-state index in [1.165, 1.54) is 12.1 Å². The Hall–Kier alpha value is -5.23. The third-order valence-corrected chi connectivity index (χ3v) is 8.18. The molecule has 0 aromatic heterocycles. The van der Waals surface area contributed by atoms with E-state index in [1.807, 2.05) is 66.7 Å². The number of hydrogen-bond donors (Lipinski definition) is 2. The van der Waals surface area contributed by atoms with Crippen molar-refractivity contribution < 1.29 is 18.7 Å². The highest BCUT2D eigenvalue weighted by atomic mass is 19.1. The van der Waals surface area contributed by atoms with Gasteiger partial charge in [-0.25, -0.2) is 4.39 Å². The molecule has 5 aromatic carbocycles. The highest BCUT2D eigenvalue weighted by molar-refractivity contribution is 6.02. The lowest BCUT2D eigenvalue weighted by Gasteiger charge is -2.18. The van der Waals surface area contributed by atoms with Crippen molar-refractivity contribution in [3.05, 3.63) is 138 Å². The molecule has 0 saturated heterocycles. The summed E-state index contributed by atoms with van der Waals surface area (Å²) in [5.74, 6) is -0.404. The van der Waals surface area contributed by atoms with Gasteiger partial charge >= 0.3 is 0 Å². The van der Waals surface area contributed by atoms with E-state index in [2.05, 4.69) is 48.7 Å². The van der Waals surface area contributed by atoms with Crippen LogP contribution in [0.1, 0.15) is 47.4 Å². The fourth-order valence-electron chi connectivity index (χ4n) is 5.85. The van der Waals surface area contributed by atoms with E-state index in [1.54, 1.807) is 19.2 Å². The number of fused-ring (bicyclic) bond motifs is 1. The molecule has 0 radical (unpaired) electrons. The summed E-state index contributed by atoms with van der Waals surface area (Å²) in [5.41, 5.74) is 7.68. The number of carbonyl (C=O) groups excluding carboxylic acids is 2. The van der Waals surface area contributed by atoms with Crippen LogP contribution in [-0.4, -0.2) is 25.4 Å². The lowest BCUT2D eigenvalue weighted by atomic mass is 9.88. The molecule has 0 saturated carbocycles. The van der Waals surface area contributed by atoms with Crippen LogP contribution in [0.3, 0.4) is 0 Å². The first-order valence-corrected chi connectivity index (χ1v) is 15.2. The van der Waals surface area contributed by atoms with Crippen LogP contribution in [0.2, 0.25) is 0 Å². The normalized spacial score (nSPS) is 15.3. The molecule has 1 heterocycles. The highest BCUT2D eigenvalue weighted by Crippen LogP contribution is 2.47. The molecule has 1 aliphatic rings. The van der Waals surface area contributed by atoms with Crippen molar-refractivity contribution in [3.63, 3.8) is 0 Å². The summed E-state index contributed by atoms with van der Waals surface area (Å²) < 4.78 is 19.9. The van der Waals surface area contributed by atoms with Crippen molar-refractivity contribution in [2.75, 3.05) is 13.6 Å². The molecule has 226 valence electrons. The zero-order valence-electron chi connectivity index (χ0n) is 25.5. The largest absolute Gasteiger partial charge is 0.484 e. The Balaban J connectivity index is 1.41. The van der Waals surface area contributed by atoms with Gasteiger partial charge in [0.05, 0.1) is 0 Å². The van der Waals surface area contributed by atoms with Crippen molar-refractivity contribution >= 4 is 11.8 Å². The predicted molar refractivity (Wildman–Crippen MR) is 176 cm³/mol. The Morgan fingerprint density at radius 3 is 2.16 bits per heavy atom. The van der Waals surface area contributed by atoms with Gasteiger partial charge in [0.25, 0.3) is 5.91 Å². The fraction of sp³-hybridized carbons (Fsp3) is 0.179. The maximum atomic E-state index is 13.7. The third kappa shape index (κ3) is 6.22. The van der Waals surface area contributed by atoms with Gasteiger partial charge < -0.3 is 15.4 Å². The SMILES string of the molecule is CNC(=O)C1c2cc(-c3ccc(-c4cccc(-c5ccccc5)c4)c(C(=O)NCC(C)C)c3)ccc2OC1c1ccc(F)cc1. The van der Waals surface area contributed by atoms with Crippen LogP contribution < -0.4 is 15.4 Å². The lowest BCUT2D eigenvalue weighted by molar-refractivity contribution is -0.123. The minimum absolute atomic E-state index is 0.144. The topological polar surface area (TPSA) is 67.4 Å². The van der Waals surface area contributed by atoms with Crippen molar-refractivity contribution in [2.24, 2.45) is 5.92 Å². The number of hydrogen-bond acceptors (Lipinski definition) is 3. The number of benzene rings is 5. The Bertz CT molecular complexity index is 1850. The summed E-state index contributed by atoms with van der Waals surface area (Å²) >= 11 is 0. The predicted octanol–water partition coefficient (Wildman–Crippen LogP) is 8.18. The molecule has 5 nitrogen and oxygen atoms in total. The van der Waals surface area contributed by atoms with Crippen molar-refractivity contribution in [2.45, 2.75) is 25.9 Å². The molecule has 2 amide bonds. The summed E-state index contributed by atoms with van der Waals surface area (Å²) in [6.07, 6.45) is -0.590. The van der Waals surface area contributed by atoms with Crippen LogP contribution in [0.15, 0.2) is 115 Å². The Morgan fingerprint density at radius 1 is 0.756 bits per heavy atom. The summed E-state index contributed by atoms with van der Waals surface area (Å²) in [4.78, 5) is 26.8. The van der Waals surface area contributed by atoms with Crippen LogP contribution in [-0.2, 0) is 4.79 Å². The van der Waals surface area contributed by atoms with Gasteiger partial charge in [-0.05, 0) is 81.3 Å². The molecular formula is C39H35FN2O3. The number of amides is 2. The van der Waals surface area contributed by atoms with Gasteiger partial charge in [-0.2, -0.15) is 0 Å². The molecule has 0 fully saturated rings. The fourth-order valence-corrected chi connectivity index (χ4v) is 5.85. The molecule has 6 rings (SSSR count). The molecule has 0 bridgehead atoms. The average Bonchev–Trinajstić information content (AvgIpc) is 3.46. The average molecular weight is 599 g/mol. The smallest absolute Gasteiger partial charge is 0.251 e. The molecular weight excluding hydrogens is 563 g/mol. The minimum Gasteiger partial charge on any atom is -0.484 e. The van der Waals surface area contributed by atoms with Gasteiger partial charge in [-0.15, -0.1) is 0 Å². The highest BCUT2D eigenvalue weighted by Gasteiger charge is 2.40. The first-order valence-electron chi connectivity index (χ1n) is 15.2. The molecule has 45 heavy (non-hydrogen) atoms. The molecule has 0 spiro atoms. The van der Waals surface area contributed by atoms with Gasteiger partial charge in [0.15, 0.2) is 0 Å². The van der Waals surface area contributed by atoms with E-state index in [4.69, 9.17) is 4.74 Å². The van der Waals surface area contributed by atoms with Gasteiger partial charge in [0.2, 0.25) is 5.91 Å². The number of rotatable bonds is 8. The van der Waals surface area contributed by atoms with Crippen LogP contribution in [0, 0.1) is 11.7 Å². The molecule has 2 N–H and O–H groups in total. The number of carbonyl (C=O) groups is 2.